The van der Waals surface area contributed by atoms with Crippen LogP contribution in [0.25, 0.3) is 11.0 Å². The summed E-state index contributed by atoms with van der Waals surface area (Å²) in [7, 11) is -2.43. The van der Waals surface area contributed by atoms with Gasteiger partial charge in [-0.3, -0.25) is 9.52 Å². The van der Waals surface area contributed by atoms with Gasteiger partial charge in [-0.1, -0.05) is 12.8 Å². The van der Waals surface area contributed by atoms with Gasteiger partial charge in [-0.05, 0) is 75.1 Å². The third-order valence-corrected chi connectivity index (χ3v) is 7.92. The number of carbonyl (C=O) groups is 1. The van der Waals surface area contributed by atoms with Crippen molar-refractivity contribution in [2.45, 2.75) is 51.3 Å². The summed E-state index contributed by atoms with van der Waals surface area (Å²) in [5.74, 6) is 0.676. The first kappa shape index (κ1) is 23.2. The average molecular weight is 471 g/mol. The maximum Gasteiger partial charge on any atom is 0.289 e. The van der Waals surface area contributed by atoms with Crippen molar-refractivity contribution in [2.24, 2.45) is 0 Å². The van der Waals surface area contributed by atoms with Crippen molar-refractivity contribution in [3.63, 3.8) is 0 Å². The van der Waals surface area contributed by atoms with Crippen LogP contribution in [-0.2, 0) is 10.0 Å². The van der Waals surface area contributed by atoms with E-state index in [2.05, 4.69) is 4.72 Å². The van der Waals surface area contributed by atoms with Crippen LogP contribution in [0.1, 0.15) is 52.9 Å². The van der Waals surface area contributed by atoms with Crippen molar-refractivity contribution in [2.75, 3.05) is 24.9 Å². The molecule has 0 atom stereocenters. The van der Waals surface area contributed by atoms with Gasteiger partial charge in [0.2, 0.25) is 0 Å². The van der Waals surface area contributed by atoms with Gasteiger partial charge in [0.05, 0.1) is 7.11 Å². The second-order valence-electron chi connectivity index (χ2n) is 8.62. The van der Waals surface area contributed by atoms with Gasteiger partial charge in [-0.2, -0.15) is 0 Å². The maximum atomic E-state index is 13.5. The molecule has 3 aromatic rings. The topological polar surface area (TPSA) is 88.8 Å². The Balaban J connectivity index is 1.79. The van der Waals surface area contributed by atoms with Crippen molar-refractivity contribution in [3.8, 4) is 5.75 Å². The largest absolute Gasteiger partial charge is 0.497 e. The number of nitrogens with one attached hydrogen (secondary N) is 1. The van der Waals surface area contributed by atoms with E-state index in [9.17, 15) is 13.2 Å². The molecular formula is C25H30N2O5S. The molecule has 0 unspecified atom stereocenters. The molecule has 2 heterocycles. The molecule has 4 rings (SSSR count). The van der Waals surface area contributed by atoms with Crippen LogP contribution in [0.5, 0.6) is 5.75 Å². The van der Waals surface area contributed by atoms with Gasteiger partial charge in [-0.15, -0.1) is 0 Å². The fraction of sp³-hybridized carbons (Fsp3) is 0.400. The molecule has 0 radical (unpaired) electrons. The van der Waals surface area contributed by atoms with Gasteiger partial charge in [0, 0.05) is 29.7 Å². The van der Waals surface area contributed by atoms with Crippen molar-refractivity contribution in [3.05, 3.63) is 52.8 Å². The third-order valence-electron chi connectivity index (χ3n) is 6.39. The number of likely N-dealkylation sites (tertiary alicyclic amines) is 1. The van der Waals surface area contributed by atoms with Crippen LogP contribution >= 0.6 is 0 Å². The number of nitrogens with zero attached hydrogens (tertiary/aromatic N) is 1. The van der Waals surface area contributed by atoms with Crippen LogP contribution in [0.15, 0.2) is 39.6 Å². The van der Waals surface area contributed by atoms with E-state index in [4.69, 9.17) is 9.15 Å². The van der Waals surface area contributed by atoms with E-state index in [1.54, 1.807) is 38.3 Å². The van der Waals surface area contributed by atoms with Gasteiger partial charge in [0.25, 0.3) is 15.9 Å². The quantitative estimate of drug-likeness (QED) is 0.555. The molecule has 1 aliphatic rings. The summed E-state index contributed by atoms with van der Waals surface area (Å²) in [6.45, 7) is 6.82. The second kappa shape index (κ2) is 9.09. The lowest BCUT2D eigenvalue weighted by Crippen LogP contribution is -2.31. The van der Waals surface area contributed by atoms with E-state index in [1.165, 1.54) is 0 Å². The predicted octanol–water partition coefficient (Wildman–Crippen LogP) is 5.18. The first-order valence-electron chi connectivity index (χ1n) is 11.2. The van der Waals surface area contributed by atoms with E-state index in [0.717, 1.165) is 31.2 Å². The number of ether oxygens (including phenoxy) is 1. The SMILES string of the molecule is COc1ccc(NS(=O)(=O)c2c(C)c(C)cc3c(C)c(C(=O)N4CCCCCC4)oc23)cc1. The van der Waals surface area contributed by atoms with Crippen LogP contribution in [0.4, 0.5) is 5.69 Å². The zero-order chi connectivity index (χ0) is 23.8. The van der Waals surface area contributed by atoms with Crippen LogP contribution in [0, 0.1) is 20.8 Å². The Kier molecular flexibility index (Phi) is 6.38. The summed E-state index contributed by atoms with van der Waals surface area (Å²) in [5.41, 5.74) is 2.70. The number of amides is 1. The summed E-state index contributed by atoms with van der Waals surface area (Å²) in [6, 6.07) is 8.55. The minimum Gasteiger partial charge on any atom is -0.497 e. The first-order valence-corrected chi connectivity index (χ1v) is 12.7. The molecule has 1 saturated heterocycles. The average Bonchev–Trinajstić information content (AvgIpc) is 2.96. The summed E-state index contributed by atoms with van der Waals surface area (Å²) in [5, 5.41) is 0.645. The molecule has 2 aromatic carbocycles. The number of hydrogen-bond donors (Lipinski definition) is 1. The Morgan fingerprint density at radius 2 is 1.64 bits per heavy atom. The number of fused-ring (bicyclic) bond motifs is 1. The zero-order valence-electron chi connectivity index (χ0n) is 19.5. The fourth-order valence-corrected chi connectivity index (χ4v) is 5.86. The Morgan fingerprint density at radius 3 is 2.24 bits per heavy atom. The molecular weight excluding hydrogens is 440 g/mol. The molecule has 1 aliphatic heterocycles. The third kappa shape index (κ3) is 4.44. The highest BCUT2D eigenvalue weighted by molar-refractivity contribution is 7.93. The molecule has 7 nitrogen and oxygen atoms in total. The fourth-order valence-electron chi connectivity index (χ4n) is 4.35. The number of methoxy groups -OCH3 is 1. The van der Waals surface area contributed by atoms with E-state index in [1.807, 2.05) is 24.8 Å². The lowest BCUT2D eigenvalue weighted by molar-refractivity contribution is 0.0731. The standard InChI is InChI=1S/C25H30N2O5S/c1-16-15-21-18(3)22(25(28)27-13-7-5-6-8-14-27)32-23(21)24(17(16)2)33(29,30)26-19-9-11-20(31-4)12-10-19/h9-12,15,26H,5-8,13-14H2,1-4H3. The van der Waals surface area contributed by atoms with Gasteiger partial charge in [0.1, 0.15) is 10.6 Å². The van der Waals surface area contributed by atoms with Crippen molar-refractivity contribution < 1.29 is 22.4 Å². The Labute approximate surface area is 194 Å². The van der Waals surface area contributed by atoms with E-state index in [0.29, 0.717) is 41.0 Å². The second-order valence-corrected chi connectivity index (χ2v) is 10.2. The van der Waals surface area contributed by atoms with Gasteiger partial charge in [0.15, 0.2) is 11.3 Å². The van der Waals surface area contributed by atoms with E-state index in [-0.39, 0.29) is 22.1 Å². The lowest BCUT2D eigenvalue weighted by atomic mass is 10.0. The van der Waals surface area contributed by atoms with Gasteiger partial charge in [-0.25, -0.2) is 8.42 Å². The maximum absolute atomic E-state index is 13.5. The van der Waals surface area contributed by atoms with E-state index >= 15 is 0 Å². The smallest absolute Gasteiger partial charge is 0.289 e. The normalized spacial score (nSPS) is 14.8. The minimum atomic E-state index is -3.98. The zero-order valence-corrected chi connectivity index (χ0v) is 20.3. The number of rotatable bonds is 5. The van der Waals surface area contributed by atoms with Crippen LogP contribution in [0.3, 0.4) is 0 Å². The number of carbonyl (C=O) groups excluding carboxylic acids is 1. The molecule has 0 aliphatic carbocycles. The van der Waals surface area contributed by atoms with Crippen molar-refractivity contribution in [1.82, 2.24) is 4.90 Å². The Morgan fingerprint density at radius 1 is 1.00 bits per heavy atom. The highest BCUT2D eigenvalue weighted by atomic mass is 32.2. The molecule has 0 bridgehead atoms. The minimum absolute atomic E-state index is 0.0614. The van der Waals surface area contributed by atoms with Crippen LogP contribution in [0.2, 0.25) is 0 Å². The Bertz CT molecular complexity index is 1280. The van der Waals surface area contributed by atoms with Gasteiger partial charge >= 0.3 is 0 Å². The van der Waals surface area contributed by atoms with E-state index < -0.39 is 10.0 Å². The molecule has 0 saturated carbocycles. The number of anilines is 1. The number of furan rings is 1. The van der Waals surface area contributed by atoms with Gasteiger partial charge < -0.3 is 14.1 Å². The highest BCUT2D eigenvalue weighted by Gasteiger charge is 2.30. The molecule has 1 amide bonds. The van der Waals surface area contributed by atoms with Crippen LogP contribution in [-0.4, -0.2) is 39.4 Å². The first-order chi connectivity index (χ1) is 15.7. The molecule has 1 fully saturated rings. The number of sulfonamides is 1. The van der Waals surface area contributed by atoms with Crippen LogP contribution < -0.4 is 9.46 Å². The molecule has 176 valence electrons. The summed E-state index contributed by atoms with van der Waals surface area (Å²) in [4.78, 5) is 15.2. The summed E-state index contributed by atoms with van der Waals surface area (Å²) in [6.07, 6.45) is 4.16. The highest BCUT2D eigenvalue weighted by Crippen LogP contribution is 2.36. The number of aryl methyl sites for hydroxylation is 2. The number of hydrogen-bond acceptors (Lipinski definition) is 5. The Hall–Kier alpha value is -3.00. The molecule has 8 heteroatoms. The van der Waals surface area contributed by atoms with Crippen molar-refractivity contribution in [1.29, 1.82) is 0 Å². The predicted molar refractivity (Wildman–Crippen MR) is 129 cm³/mol. The molecule has 0 spiro atoms. The molecule has 1 N–H and O–H groups in total. The molecule has 33 heavy (non-hydrogen) atoms. The summed E-state index contributed by atoms with van der Waals surface area (Å²) >= 11 is 0. The molecule has 1 aromatic heterocycles. The monoisotopic (exact) mass is 470 g/mol. The number of benzene rings is 2. The summed E-state index contributed by atoms with van der Waals surface area (Å²) < 4.78 is 40.8. The lowest BCUT2D eigenvalue weighted by Gasteiger charge is -2.19. The van der Waals surface area contributed by atoms with Crippen molar-refractivity contribution >= 4 is 32.6 Å².